The Bertz CT molecular complexity index is 573. The molecule has 2 rings (SSSR count). The average molecular weight is 329 g/mol. The van der Waals surface area contributed by atoms with Crippen molar-refractivity contribution in [1.29, 1.82) is 0 Å². The summed E-state index contributed by atoms with van der Waals surface area (Å²) in [6.07, 6.45) is 0. The van der Waals surface area contributed by atoms with Crippen LogP contribution < -0.4 is 4.74 Å². The first-order valence-electron chi connectivity index (χ1n) is 6.48. The van der Waals surface area contributed by atoms with Crippen LogP contribution in [-0.4, -0.2) is 13.3 Å². The molecule has 2 nitrogen and oxygen atoms in total. The van der Waals surface area contributed by atoms with Gasteiger partial charge in [-0.1, -0.05) is 41.4 Å². The smallest absolute Gasteiger partial charge is 0.123 e. The number of rotatable bonds is 7. The van der Waals surface area contributed by atoms with Crippen LogP contribution in [0.25, 0.3) is 0 Å². The molecule has 0 bridgehead atoms. The molecular formula is C16H15Cl2FO2. The lowest BCUT2D eigenvalue weighted by molar-refractivity contribution is 0.107. The van der Waals surface area contributed by atoms with Crippen LogP contribution >= 0.6 is 23.2 Å². The molecule has 112 valence electrons. The van der Waals surface area contributed by atoms with E-state index in [9.17, 15) is 4.39 Å². The Hall–Kier alpha value is -1.29. The third-order valence-electron chi connectivity index (χ3n) is 2.79. The number of hydrogen-bond acceptors (Lipinski definition) is 2. The Balaban J connectivity index is 1.81. The van der Waals surface area contributed by atoms with Gasteiger partial charge in [-0.2, -0.15) is 0 Å². The fourth-order valence-electron chi connectivity index (χ4n) is 1.75. The predicted molar refractivity (Wildman–Crippen MR) is 82.9 cm³/mol. The van der Waals surface area contributed by atoms with Crippen molar-refractivity contribution in [3.63, 3.8) is 0 Å². The largest absolute Gasteiger partial charge is 0.491 e. The molecule has 0 atom stereocenters. The summed E-state index contributed by atoms with van der Waals surface area (Å²) in [5.41, 5.74) is 1.98. The second kappa shape index (κ2) is 8.23. The summed E-state index contributed by atoms with van der Waals surface area (Å²) in [5.74, 6) is 0.654. The van der Waals surface area contributed by atoms with Gasteiger partial charge in [-0.25, -0.2) is 4.39 Å². The quantitative estimate of drug-likeness (QED) is 0.707. The summed E-state index contributed by atoms with van der Waals surface area (Å²) in [6, 6.07) is 12.8. The van der Waals surface area contributed by atoms with E-state index in [2.05, 4.69) is 0 Å². The third-order valence-corrected chi connectivity index (χ3v) is 3.53. The minimum Gasteiger partial charge on any atom is -0.491 e. The number of benzene rings is 2. The lowest BCUT2D eigenvalue weighted by Crippen LogP contribution is -1.99. The van der Waals surface area contributed by atoms with Crippen LogP contribution in [-0.2, 0) is 18.0 Å². The van der Waals surface area contributed by atoms with E-state index in [0.717, 1.165) is 11.1 Å². The Morgan fingerprint density at radius 2 is 1.52 bits per heavy atom. The van der Waals surface area contributed by atoms with E-state index in [1.54, 1.807) is 24.3 Å². The Morgan fingerprint density at radius 3 is 2.19 bits per heavy atom. The van der Waals surface area contributed by atoms with E-state index >= 15 is 0 Å². The highest BCUT2D eigenvalue weighted by Gasteiger charge is 2.01. The van der Waals surface area contributed by atoms with Crippen LogP contribution in [0, 0.1) is 0 Å². The normalized spacial score (nSPS) is 10.6. The number of halogens is 3. The summed E-state index contributed by atoms with van der Waals surface area (Å²) in [4.78, 5) is 0. The average Bonchev–Trinajstić information content (AvgIpc) is 2.50. The van der Waals surface area contributed by atoms with E-state index in [-0.39, 0.29) is 6.61 Å². The minimum absolute atomic E-state index is 0.0766. The van der Waals surface area contributed by atoms with Crippen molar-refractivity contribution >= 4 is 23.2 Å². The van der Waals surface area contributed by atoms with Gasteiger partial charge in [0.05, 0.1) is 23.3 Å². The fraction of sp³-hybridized carbons (Fsp3) is 0.250. The Morgan fingerprint density at radius 1 is 0.857 bits per heavy atom. The van der Waals surface area contributed by atoms with Crippen molar-refractivity contribution in [1.82, 2.24) is 0 Å². The van der Waals surface area contributed by atoms with Crippen molar-refractivity contribution in [2.24, 2.45) is 0 Å². The lowest BCUT2D eigenvalue weighted by atomic mass is 10.2. The molecule has 0 aliphatic heterocycles. The molecule has 0 aromatic heterocycles. The monoisotopic (exact) mass is 328 g/mol. The first-order valence-corrected chi connectivity index (χ1v) is 7.24. The summed E-state index contributed by atoms with van der Waals surface area (Å²) in [5, 5.41) is 1.05. The maximum Gasteiger partial charge on any atom is 0.123 e. The number of ether oxygens (including phenoxy) is 2. The van der Waals surface area contributed by atoms with Crippen molar-refractivity contribution in [3.8, 4) is 5.75 Å². The molecule has 2 aromatic rings. The van der Waals surface area contributed by atoms with Crippen LogP contribution in [0.15, 0.2) is 42.5 Å². The molecule has 0 spiro atoms. The predicted octanol–water partition coefficient (Wildman–Crippen LogP) is 5.06. The molecule has 0 saturated heterocycles. The van der Waals surface area contributed by atoms with Crippen LogP contribution in [0.3, 0.4) is 0 Å². The first kappa shape index (κ1) is 16.1. The second-order valence-corrected chi connectivity index (χ2v) is 5.24. The standard InChI is InChI=1S/C16H15Cl2FO2/c17-15-6-3-13(9-16(15)18)11-20-10-12-1-4-14(5-2-12)21-8-7-19/h1-6,9H,7-8,10-11H2. The highest BCUT2D eigenvalue weighted by Crippen LogP contribution is 2.23. The van der Waals surface area contributed by atoms with Crippen LogP contribution in [0.1, 0.15) is 11.1 Å². The SMILES string of the molecule is FCCOc1ccc(COCc2ccc(Cl)c(Cl)c2)cc1. The second-order valence-electron chi connectivity index (χ2n) is 4.42. The molecule has 0 radical (unpaired) electrons. The number of hydrogen-bond donors (Lipinski definition) is 0. The molecule has 0 N–H and O–H groups in total. The number of alkyl halides is 1. The molecule has 5 heteroatoms. The molecular weight excluding hydrogens is 314 g/mol. The zero-order valence-electron chi connectivity index (χ0n) is 11.3. The van der Waals surface area contributed by atoms with Crippen molar-refractivity contribution < 1.29 is 13.9 Å². The van der Waals surface area contributed by atoms with E-state index < -0.39 is 6.67 Å². The zero-order valence-corrected chi connectivity index (χ0v) is 12.8. The van der Waals surface area contributed by atoms with Crippen molar-refractivity contribution in [3.05, 3.63) is 63.6 Å². The molecule has 0 aliphatic carbocycles. The van der Waals surface area contributed by atoms with Gasteiger partial charge in [-0.15, -0.1) is 0 Å². The Kier molecular flexibility index (Phi) is 6.30. The van der Waals surface area contributed by atoms with Gasteiger partial charge < -0.3 is 9.47 Å². The summed E-state index contributed by atoms with van der Waals surface area (Å²) in [7, 11) is 0. The minimum atomic E-state index is -0.492. The molecule has 0 unspecified atom stereocenters. The van der Waals surface area contributed by atoms with Crippen molar-refractivity contribution in [2.75, 3.05) is 13.3 Å². The Labute approximate surface area is 133 Å². The molecule has 0 heterocycles. The molecule has 0 amide bonds. The molecule has 0 saturated carbocycles. The summed E-state index contributed by atoms with van der Waals surface area (Å²) >= 11 is 11.8. The van der Waals surface area contributed by atoms with Crippen molar-refractivity contribution in [2.45, 2.75) is 13.2 Å². The maximum absolute atomic E-state index is 12.0. The maximum atomic E-state index is 12.0. The molecule has 21 heavy (non-hydrogen) atoms. The topological polar surface area (TPSA) is 18.5 Å². The first-order chi connectivity index (χ1) is 10.2. The van der Waals surface area contributed by atoms with Gasteiger partial charge in [0.1, 0.15) is 19.0 Å². The van der Waals surface area contributed by atoms with Crippen LogP contribution in [0.5, 0.6) is 5.75 Å². The van der Waals surface area contributed by atoms with Gasteiger partial charge in [0.2, 0.25) is 0 Å². The van der Waals surface area contributed by atoms with Gasteiger partial charge >= 0.3 is 0 Å². The highest BCUT2D eigenvalue weighted by molar-refractivity contribution is 6.42. The highest BCUT2D eigenvalue weighted by atomic mass is 35.5. The molecule has 2 aromatic carbocycles. The van der Waals surface area contributed by atoms with Gasteiger partial charge in [0.25, 0.3) is 0 Å². The van der Waals surface area contributed by atoms with E-state index in [0.29, 0.717) is 29.0 Å². The van der Waals surface area contributed by atoms with Crippen LogP contribution in [0.4, 0.5) is 4.39 Å². The van der Waals surface area contributed by atoms with Gasteiger partial charge in [-0.05, 0) is 35.4 Å². The van der Waals surface area contributed by atoms with Gasteiger partial charge in [0, 0.05) is 0 Å². The van der Waals surface area contributed by atoms with E-state index in [1.165, 1.54) is 0 Å². The molecule has 0 aliphatic rings. The van der Waals surface area contributed by atoms with E-state index in [1.807, 2.05) is 18.2 Å². The third kappa shape index (κ3) is 5.20. The summed E-state index contributed by atoms with van der Waals surface area (Å²) in [6.45, 7) is 0.516. The van der Waals surface area contributed by atoms with E-state index in [4.69, 9.17) is 32.7 Å². The van der Waals surface area contributed by atoms with Gasteiger partial charge in [-0.3, -0.25) is 0 Å². The van der Waals surface area contributed by atoms with Gasteiger partial charge in [0.15, 0.2) is 0 Å². The summed E-state index contributed by atoms with van der Waals surface area (Å²) < 4.78 is 22.8. The lowest BCUT2D eigenvalue weighted by Gasteiger charge is -2.07. The fourth-order valence-corrected chi connectivity index (χ4v) is 2.08. The zero-order chi connectivity index (χ0) is 15.1. The van der Waals surface area contributed by atoms with Crippen LogP contribution in [0.2, 0.25) is 10.0 Å². The molecule has 0 fully saturated rings.